The van der Waals surface area contributed by atoms with E-state index in [1.165, 1.54) is 0 Å². The first-order valence-corrected chi connectivity index (χ1v) is 9.15. The summed E-state index contributed by atoms with van der Waals surface area (Å²) < 4.78 is 6.12. The minimum atomic E-state index is -0.216. The summed E-state index contributed by atoms with van der Waals surface area (Å²) in [6, 6.07) is 3.87. The predicted molar refractivity (Wildman–Crippen MR) is 98.8 cm³/mol. The van der Waals surface area contributed by atoms with Crippen LogP contribution < -0.4 is 10.2 Å². The Balaban J connectivity index is 1.70. The molecule has 2 aromatic rings. The maximum atomic E-state index is 12.5. The number of aromatic amines is 1. The lowest BCUT2D eigenvalue weighted by molar-refractivity contribution is 0.0945. The van der Waals surface area contributed by atoms with Crippen molar-refractivity contribution >= 4 is 27.7 Å². The molecule has 25 heavy (non-hydrogen) atoms. The Morgan fingerprint density at radius 3 is 2.88 bits per heavy atom. The predicted octanol–water partition coefficient (Wildman–Crippen LogP) is 2.46. The SMILES string of the molecule is CC(C)c1[nH]nc(C(=O)NCc2cccnc2N2CCOCC2)c1Br. The van der Waals surface area contributed by atoms with Gasteiger partial charge in [-0.05, 0) is 27.9 Å². The molecule has 2 aromatic heterocycles. The third kappa shape index (κ3) is 4.01. The molecule has 0 spiro atoms. The number of nitrogens with one attached hydrogen (secondary N) is 2. The van der Waals surface area contributed by atoms with Crippen LogP contribution in [0.3, 0.4) is 0 Å². The molecule has 0 atom stereocenters. The minimum absolute atomic E-state index is 0.216. The number of carbonyl (C=O) groups excluding carboxylic acids is 1. The first-order valence-electron chi connectivity index (χ1n) is 8.36. The number of carbonyl (C=O) groups is 1. The number of nitrogens with zero attached hydrogens (tertiary/aromatic N) is 3. The number of morpholine rings is 1. The second kappa shape index (κ2) is 7.97. The molecule has 0 radical (unpaired) electrons. The van der Waals surface area contributed by atoms with Crippen LogP contribution in [0.2, 0.25) is 0 Å². The maximum Gasteiger partial charge on any atom is 0.273 e. The summed E-state index contributed by atoms with van der Waals surface area (Å²) in [4.78, 5) is 19.2. The Labute approximate surface area is 155 Å². The highest BCUT2D eigenvalue weighted by Gasteiger charge is 2.20. The van der Waals surface area contributed by atoms with Crippen LogP contribution in [0, 0.1) is 0 Å². The van der Waals surface area contributed by atoms with Crippen molar-refractivity contribution in [1.82, 2.24) is 20.5 Å². The number of halogens is 1. The van der Waals surface area contributed by atoms with Gasteiger partial charge in [0.15, 0.2) is 5.69 Å². The molecule has 0 saturated carbocycles. The highest BCUT2D eigenvalue weighted by Crippen LogP contribution is 2.25. The van der Waals surface area contributed by atoms with Gasteiger partial charge < -0.3 is 15.0 Å². The van der Waals surface area contributed by atoms with Crippen LogP contribution in [0.25, 0.3) is 0 Å². The van der Waals surface area contributed by atoms with E-state index >= 15 is 0 Å². The molecule has 1 fully saturated rings. The smallest absolute Gasteiger partial charge is 0.273 e. The molecule has 8 heteroatoms. The Hall–Kier alpha value is -1.93. The lowest BCUT2D eigenvalue weighted by Crippen LogP contribution is -2.37. The van der Waals surface area contributed by atoms with Crippen LogP contribution in [0.4, 0.5) is 5.82 Å². The van der Waals surface area contributed by atoms with Crippen molar-refractivity contribution in [2.75, 3.05) is 31.2 Å². The molecule has 0 unspecified atom stereocenters. The van der Waals surface area contributed by atoms with Gasteiger partial charge in [0.25, 0.3) is 5.91 Å². The van der Waals surface area contributed by atoms with Crippen molar-refractivity contribution in [1.29, 1.82) is 0 Å². The molecule has 1 aliphatic heterocycles. The van der Waals surface area contributed by atoms with Crippen molar-refractivity contribution in [3.8, 4) is 0 Å². The summed E-state index contributed by atoms with van der Waals surface area (Å²) in [6.45, 7) is 7.49. The Morgan fingerprint density at radius 1 is 1.44 bits per heavy atom. The molecular formula is C17H22BrN5O2. The monoisotopic (exact) mass is 407 g/mol. The van der Waals surface area contributed by atoms with Gasteiger partial charge in [0.1, 0.15) is 5.82 Å². The molecule has 0 aromatic carbocycles. The maximum absolute atomic E-state index is 12.5. The summed E-state index contributed by atoms with van der Waals surface area (Å²) in [5.41, 5.74) is 2.27. The Kier molecular flexibility index (Phi) is 5.70. The molecule has 3 rings (SSSR count). The van der Waals surface area contributed by atoms with Gasteiger partial charge in [-0.3, -0.25) is 9.89 Å². The fourth-order valence-corrected chi connectivity index (χ4v) is 3.58. The van der Waals surface area contributed by atoms with Gasteiger partial charge in [-0.15, -0.1) is 0 Å². The van der Waals surface area contributed by atoms with E-state index in [0.717, 1.165) is 34.6 Å². The van der Waals surface area contributed by atoms with Gasteiger partial charge in [-0.25, -0.2) is 4.98 Å². The molecule has 1 saturated heterocycles. The van der Waals surface area contributed by atoms with Crippen LogP contribution in [0.1, 0.15) is 41.5 Å². The van der Waals surface area contributed by atoms with Gasteiger partial charge in [-0.2, -0.15) is 5.10 Å². The number of anilines is 1. The normalized spacial score (nSPS) is 14.8. The van der Waals surface area contributed by atoms with Gasteiger partial charge >= 0.3 is 0 Å². The van der Waals surface area contributed by atoms with Gasteiger partial charge in [0.2, 0.25) is 0 Å². The average molecular weight is 408 g/mol. The van der Waals surface area contributed by atoms with E-state index in [0.29, 0.717) is 25.5 Å². The van der Waals surface area contributed by atoms with E-state index in [2.05, 4.69) is 41.3 Å². The van der Waals surface area contributed by atoms with Crippen molar-refractivity contribution in [2.45, 2.75) is 26.3 Å². The Morgan fingerprint density at radius 2 is 2.20 bits per heavy atom. The van der Waals surface area contributed by atoms with Crippen LogP contribution in [-0.2, 0) is 11.3 Å². The topological polar surface area (TPSA) is 83.1 Å². The number of hydrogen-bond donors (Lipinski definition) is 2. The number of amides is 1. The zero-order valence-electron chi connectivity index (χ0n) is 14.4. The second-order valence-corrected chi connectivity index (χ2v) is 7.02. The van der Waals surface area contributed by atoms with Crippen molar-refractivity contribution < 1.29 is 9.53 Å². The summed E-state index contributed by atoms with van der Waals surface area (Å²) in [7, 11) is 0. The van der Waals surface area contributed by atoms with Crippen LogP contribution in [-0.4, -0.2) is 47.4 Å². The van der Waals surface area contributed by atoms with Crippen LogP contribution in [0.15, 0.2) is 22.8 Å². The minimum Gasteiger partial charge on any atom is -0.378 e. The zero-order valence-corrected chi connectivity index (χ0v) is 16.0. The standard InChI is InChI=1S/C17H22BrN5O2/c1-11(2)14-13(18)15(22-21-14)17(24)20-10-12-4-3-5-19-16(12)23-6-8-25-9-7-23/h3-5,11H,6-10H2,1-2H3,(H,20,24)(H,21,22). The molecule has 1 amide bonds. The summed E-state index contributed by atoms with van der Waals surface area (Å²) in [5.74, 6) is 0.941. The van der Waals surface area contributed by atoms with Gasteiger partial charge in [0, 0.05) is 31.4 Å². The van der Waals surface area contributed by atoms with E-state index < -0.39 is 0 Å². The molecule has 2 N–H and O–H groups in total. The number of ether oxygens (including phenoxy) is 1. The number of aromatic nitrogens is 3. The van der Waals surface area contributed by atoms with E-state index in [9.17, 15) is 4.79 Å². The first kappa shape index (κ1) is 17.9. The third-order valence-electron chi connectivity index (χ3n) is 4.14. The summed E-state index contributed by atoms with van der Waals surface area (Å²) in [5, 5.41) is 10.00. The van der Waals surface area contributed by atoms with Gasteiger partial charge in [-0.1, -0.05) is 19.9 Å². The summed E-state index contributed by atoms with van der Waals surface area (Å²) in [6.07, 6.45) is 1.77. The third-order valence-corrected chi connectivity index (χ3v) is 4.95. The Bertz CT molecular complexity index is 740. The fraction of sp³-hybridized carbons (Fsp3) is 0.471. The number of rotatable bonds is 5. The summed E-state index contributed by atoms with van der Waals surface area (Å²) >= 11 is 3.47. The highest BCUT2D eigenvalue weighted by molar-refractivity contribution is 9.10. The van der Waals surface area contributed by atoms with Crippen molar-refractivity contribution in [2.24, 2.45) is 0 Å². The molecule has 7 nitrogen and oxygen atoms in total. The van der Waals surface area contributed by atoms with E-state index in [4.69, 9.17) is 4.74 Å². The highest BCUT2D eigenvalue weighted by atomic mass is 79.9. The number of H-pyrrole nitrogens is 1. The largest absolute Gasteiger partial charge is 0.378 e. The molecule has 0 bridgehead atoms. The first-order chi connectivity index (χ1) is 12.1. The molecule has 134 valence electrons. The van der Waals surface area contributed by atoms with E-state index in [1.54, 1.807) is 6.20 Å². The second-order valence-electron chi connectivity index (χ2n) is 6.22. The lowest BCUT2D eigenvalue weighted by Gasteiger charge is -2.29. The molecule has 3 heterocycles. The van der Waals surface area contributed by atoms with E-state index in [-0.39, 0.29) is 11.8 Å². The van der Waals surface area contributed by atoms with Crippen molar-refractivity contribution in [3.05, 3.63) is 39.8 Å². The van der Waals surface area contributed by atoms with E-state index in [1.807, 2.05) is 26.0 Å². The number of pyridine rings is 1. The molecular weight excluding hydrogens is 386 g/mol. The lowest BCUT2D eigenvalue weighted by atomic mass is 10.1. The van der Waals surface area contributed by atoms with Crippen LogP contribution >= 0.6 is 15.9 Å². The van der Waals surface area contributed by atoms with Crippen LogP contribution in [0.5, 0.6) is 0 Å². The molecule has 0 aliphatic carbocycles. The van der Waals surface area contributed by atoms with Crippen molar-refractivity contribution in [3.63, 3.8) is 0 Å². The quantitative estimate of drug-likeness (QED) is 0.794. The fourth-order valence-electron chi connectivity index (χ4n) is 2.76. The zero-order chi connectivity index (χ0) is 17.8. The molecule has 1 aliphatic rings. The number of hydrogen-bond acceptors (Lipinski definition) is 5. The average Bonchev–Trinajstić information content (AvgIpc) is 3.02. The van der Waals surface area contributed by atoms with Gasteiger partial charge in [0.05, 0.1) is 23.4 Å².